The molecule has 1 N–H and O–H groups in total. The summed E-state index contributed by atoms with van der Waals surface area (Å²) in [5.74, 6) is -1.40. The monoisotopic (exact) mass is 214 g/mol. The molecule has 1 aromatic carbocycles. The largest absolute Gasteiger partial charge is 0.385 e. The van der Waals surface area contributed by atoms with Gasteiger partial charge in [0.25, 0.3) is 0 Å². The van der Waals surface area contributed by atoms with E-state index in [4.69, 9.17) is 0 Å². The van der Waals surface area contributed by atoms with Crippen LogP contribution in [0.2, 0.25) is 0 Å². The second-order valence-corrected chi connectivity index (χ2v) is 4.09. The first-order chi connectivity index (χ1) is 6.90. The normalized spacial score (nSPS) is 15.4. The first kappa shape index (κ1) is 12.1. The van der Waals surface area contributed by atoms with Crippen molar-refractivity contribution in [1.29, 1.82) is 0 Å². The molecule has 0 bridgehead atoms. The fourth-order valence-electron chi connectivity index (χ4n) is 1.75. The second kappa shape index (κ2) is 4.27. The van der Waals surface area contributed by atoms with Crippen molar-refractivity contribution < 1.29 is 13.9 Å². The fraction of sp³-hybridized carbons (Fsp3) is 0.500. The Morgan fingerprint density at radius 3 is 2.00 bits per heavy atom. The molecule has 1 rings (SSSR count). The van der Waals surface area contributed by atoms with Gasteiger partial charge in [0.2, 0.25) is 0 Å². The molecular formula is C12H16F2O. The third-order valence-electron chi connectivity index (χ3n) is 2.86. The predicted octanol–water partition coefficient (Wildman–Crippen LogP) is 3.22. The van der Waals surface area contributed by atoms with Gasteiger partial charge in [-0.2, -0.15) is 0 Å². The summed E-state index contributed by atoms with van der Waals surface area (Å²) < 4.78 is 26.0. The van der Waals surface area contributed by atoms with E-state index in [1.807, 2.05) is 13.8 Å². The number of benzene rings is 1. The lowest BCUT2D eigenvalue weighted by Gasteiger charge is -2.31. The van der Waals surface area contributed by atoms with Gasteiger partial charge in [0.15, 0.2) is 0 Å². The van der Waals surface area contributed by atoms with Crippen LogP contribution < -0.4 is 0 Å². The van der Waals surface area contributed by atoms with Gasteiger partial charge in [0.1, 0.15) is 11.6 Å². The Hall–Kier alpha value is -0.960. The van der Waals surface area contributed by atoms with Crippen molar-refractivity contribution in [3.63, 3.8) is 0 Å². The zero-order valence-electron chi connectivity index (χ0n) is 9.22. The highest BCUT2D eigenvalue weighted by Gasteiger charge is 2.31. The third-order valence-corrected chi connectivity index (χ3v) is 2.86. The van der Waals surface area contributed by atoms with Gasteiger partial charge in [-0.1, -0.05) is 20.8 Å². The molecule has 0 aliphatic heterocycles. The topological polar surface area (TPSA) is 20.2 Å². The Morgan fingerprint density at radius 2 is 1.67 bits per heavy atom. The summed E-state index contributed by atoms with van der Waals surface area (Å²) in [5.41, 5.74) is -0.861. The minimum absolute atomic E-state index is 0.0938. The van der Waals surface area contributed by atoms with Gasteiger partial charge in [-0.3, -0.25) is 0 Å². The summed E-state index contributed by atoms with van der Waals surface area (Å²) in [7, 11) is 0. The summed E-state index contributed by atoms with van der Waals surface area (Å²) in [4.78, 5) is 0. The van der Waals surface area contributed by atoms with Crippen LogP contribution in [0.3, 0.4) is 0 Å². The standard InChI is InChI=1S/C12H16F2O/c1-4-12(15,8(2)3)9-5-10(13)7-11(14)6-9/h5-8,15H,4H2,1-3H3. The highest BCUT2D eigenvalue weighted by Crippen LogP contribution is 2.33. The van der Waals surface area contributed by atoms with Gasteiger partial charge in [-0.15, -0.1) is 0 Å². The van der Waals surface area contributed by atoms with Crippen molar-refractivity contribution in [2.75, 3.05) is 0 Å². The molecule has 1 atom stereocenters. The number of hydrogen-bond acceptors (Lipinski definition) is 1. The van der Waals surface area contributed by atoms with Gasteiger partial charge in [0.05, 0.1) is 5.60 Å². The lowest BCUT2D eigenvalue weighted by atomic mass is 9.81. The van der Waals surface area contributed by atoms with Crippen molar-refractivity contribution in [1.82, 2.24) is 0 Å². The first-order valence-electron chi connectivity index (χ1n) is 5.09. The van der Waals surface area contributed by atoms with Gasteiger partial charge in [-0.25, -0.2) is 8.78 Å². The molecule has 0 saturated heterocycles. The van der Waals surface area contributed by atoms with Crippen molar-refractivity contribution >= 4 is 0 Å². The highest BCUT2D eigenvalue weighted by atomic mass is 19.1. The van der Waals surface area contributed by atoms with Gasteiger partial charge >= 0.3 is 0 Å². The Balaban J connectivity index is 3.23. The molecule has 3 heteroatoms. The van der Waals surface area contributed by atoms with Crippen LogP contribution in [-0.4, -0.2) is 5.11 Å². The lowest BCUT2D eigenvalue weighted by Crippen LogP contribution is -2.31. The van der Waals surface area contributed by atoms with E-state index in [-0.39, 0.29) is 5.92 Å². The summed E-state index contributed by atoms with van der Waals surface area (Å²) in [6.07, 6.45) is 0.424. The Kier molecular flexibility index (Phi) is 3.45. The van der Waals surface area contributed by atoms with E-state index in [1.165, 1.54) is 12.1 Å². The molecule has 0 aromatic heterocycles. The van der Waals surface area contributed by atoms with E-state index < -0.39 is 17.2 Å². The van der Waals surface area contributed by atoms with E-state index >= 15 is 0 Å². The van der Waals surface area contributed by atoms with Gasteiger partial charge < -0.3 is 5.11 Å². The van der Waals surface area contributed by atoms with Crippen molar-refractivity contribution in [3.05, 3.63) is 35.4 Å². The zero-order chi connectivity index (χ0) is 11.6. The van der Waals surface area contributed by atoms with Crippen LogP contribution in [-0.2, 0) is 5.60 Å². The second-order valence-electron chi connectivity index (χ2n) is 4.09. The first-order valence-corrected chi connectivity index (χ1v) is 5.09. The Labute approximate surface area is 88.7 Å². The molecule has 1 nitrogen and oxygen atoms in total. The van der Waals surface area contributed by atoms with Gasteiger partial charge in [-0.05, 0) is 30.0 Å². The fourth-order valence-corrected chi connectivity index (χ4v) is 1.75. The number of aliphatic hydroxyl groups is 1. The molecule has 0 radical (unpaired) electrons. The molecule has 0 fully saturated rings. The Morgan fingerprint density at radius 1 is 1.20 bits per heavy atom. The van der Waals surface area contributed by atoms with E-state index in [9.17, 15) is 13.9 Å². The van der Waals surface area contributed by atoms with E-state index in [0.717, 1.165) is 6.07 Å². The van der Waals surface area contributed by atoms with Crippen LogP contribution >= 0.6 is 0 Å². The highest BCUT2D eigenvalue weighted by molar-refractivity contribution is 5.24. The SMILES string of the molecule is CCC(O)(c1cc(F)cc(F)c1)C(C)C. The molecule has 0 spiro atoms. The molecular weight excluding hydrogens is 198 g/mol. The van der Waals surface area contributed by atoms with Crippen LogP contribution in [0.4, 0.5) is 8.78 Å². The van der Waals surface area contributed by atoms with Crippen LogP contribution in [0.15, 0.2) is 18.2 Å². The van der Waals surface area contributed by atoms with E-state index in [0.29, 0.717) is 12.0 Å². The molecule has 15 heavy (non-hydrogen) atoms. The quantitative estimate of drug-likeness (QED) is 0.819. The van der Waals surface area contributed by atoms with E-state index in [1.54, 1.807) is 6.92 Å². The molecule has 1 unspecified atom stereocenters. The van der Waals surface area contributed by atoms with Crippen molar-refractivity contribution in [2.24, 2.45) is 5.92 Å². The summed E-state index contributed by atoms with van der Waals surface area (Å²) >= 11 is 0. The van der Waals surface area contributed by atoms with Crippen LogP contribution in [0.1, 0.15) is 32.8 Å². The minimum atomic E-state index is -1.16. The molecule has 1 aromatic rings. The number of rotatable bonds is 3. The van der Waals surface area contributed by atoms with Crippen molar-refractivity contribution in [3.8, 4) is 0 Å². The molecule has 0 heterocycles. The van der Waals surface area contributed by atoms with Crippen LogP contribution in [0.25, 0.3) is 0 Å². The molecule has 0 aliphatic rings. The van der Waals surface area contributed by atoms with Gasteiger partial charge in [0, 0.05) is 6.07 Å². The molecule has 0 saturated carbocycles. The maximum absolute atomic E-state index is 13.0. The number of halogens is 2. The maximum atomic E-state index is 13.0. The predicted molar refractivity (Wildman–Crippen MR) is 55.4 cm³/mol. The lowest BCUT2D eigenvalue weighted by molar-refractivity contribution is -0.0145. The summed E-state index contributed by atoms with van der Waals surface area (Å²) in [6.45, 7) is 5.45. The van der Waals surface area contributed by atoms with Crippen LogP contribution in [0, 0.1) is 17.6 Å². The molecule has 0 aliphatic carbocycles. The number of hydrogen-bond donors (Lipinski definition) is 1. The average molecular weight is 214 g/mol. The van der Waals surface area contributed by atoms with E-state index in [2.05, 4.69) is 0 Å². The summed E-state index contributed by atoms with van der Waals surface area (Å²) in [6, 6.07) is 3.18. The molecule has 84 valence electrons. The van der Waals surface area contributed by atoms with Crippen LogP contribution in [0.5, 0.6) is 0 Å². The summed E-state index contributed by atoms with van der Waals surface area (Å²) in [5, 5.41) is 10.3. The molecule has 0 amide bonds. The Bertz CT molecular complexity index is 329. The smallest absolute Gasteiger partial charge is 0.126 e. The van der Waals surface area contributed by atoms with Crippen molar-refractivity contribution in [2.45, 2.75) is 32.8 Å². The third kappa shape index (κ3) is 2.34. The zero-order valence-corrected chi connectivity index (χ0v) is 9.22. The maximum Gasteiger partial charge on any atom is 0.126 e. The minimum Gasteiger partial charge on any atom is -0.385 e. The average Bonchev–Trinajstić information content (AvgIpc) is 2.14.